The van der Waals surface area contributed by atoms with Crippen LogP contribution in [0, 0.1) is 0 Å². The van der Waals surface area contributed by atoms with Crippen molar-refractivity contribution in [2.45, 2.75) is 19.3 Å². The van der Waals surface area contributed by atoms with Crippen LogP contribution >= 0.6 is 0 Å². The first-order chi connectivity index (χ1) is 22.1. The first kappa shape index (κ1) is 25.9. The zero-order valence-corrected chi connectivity index (χ0v) is 25.4. The van der Waals surface area contributed by atoms with Crippen molar-refractivity contribution in [1.29, 1.82) is 0 Å². The lowest BCUT2D eigenvalue weighted by Crippen LogP contribution is -2.15. The normalized spacial score (nSPS) is 13.3. The van der Waals surface area contributed by atoms with E-state index < -0.39 is 0 Å². The highest BCUT2D eigenvalue weighted by molar-refractivity contribution is 6.19. The van der Waals surface area contributed by atoms with Crippen LogP contribution in [0.4, 0.5) is 17.1 Å². The summed E-state index contributed by atoms with van der Waals surface area (Å²) in [5.41, 5.74) is 12.4. The molecule has 1 heterocycles. The highest BCUT2D eigenvalue weighted by Gasteiger charge is 2.35. The molecule has 0 spiro atoms. The molecule has 8 aromatic rings. The average Bonchev–Trinajstić information content (AvgIpc) is 3.54. The maximum Gasteiger partial charge on any atom is 0.0619 e. The second-order valence-electron chi connectivity index (χ2n) is 12.6. The summed E-state index contributed by atoms with van der Waals surface area (Å²) >= 11 is 0. The van der Waals surface area contributed by atoms with Gasteiger partial charge in [-0.15, -0.1) is 0 Å². The minimum atomic E-state index is -0.0274. The first-order valence-corrected chi connectivity index (χ1v) is 15.7. The van der Waals surface area contributed by atoms with Gasteiger partial charge in [-0.05, 0) is 76.2 Å². The van der Waals surface area contributed by atoms with Crippen LogP contribution in [0.1, 0.15) is 25.0 Å². The highest BCUT2D eigenvalue weighted by Crippen LogP contribution is 2.51. The van der Waals surface area contributed by atoms with E-state index in [1.165, 1.54) is 54.8 Å². The van der Waals surface area contributed by atoms with E-state index >= 15 is 0 Å². The third-order valence-corrected chi connectivity index (χ3v) is 9.75. The molecule has 0 unspecified atom stereocenters. The molecule has 0 amide bonds. The molecule has 214 valence electrons. The summed E-state index contributed by atoms with van der Waals surface area (Å²) in [5.74, 6) is 0. The van der Waals surface area contributed by atoms with Crippen LogP contribution < -0.4 is 4.90 Å². The Morgan fingerprint density at radius 2 is 1.11 bits per heavy atom. The zero-order chi connectivity index (χ0) is 30.1. The lowest BCUT2D eigenvalue weighted by molar-refractivity contribution is 0.660. The predicted molar refractivity (Wildman–Crippen MR) is 191 cm³/mol. The summed E-state index contributed by atoms with van der Waals surface area (Å²) in [6.45, 7) is 4.68. The molecule has 45 heavy (non-hydrogen) atoms. The number of hydrogen-bond acceptors (Lipinski definition) is 1. The van der Waals surface area contributed by atoms with Gasteiger partial charge in [0.25, 0.3) is 0 Å². The summed E-state index contributed by atoms with van der Waals surface area (Å²) in [4.78, 5) is 2.40. The van der Waals surface area contributed by atoms with Crippen LogP contribution in [0.15, 0.2) is 158 Å². The number of hydrogen-bond donors (Lipinski definition) is 0. The summed E-state index contributed by atoms with van der Waals surface area (Å²) in [6, 6.07) is 57.6. The summed E-state index contributed by atoms with van der Waals surface area (Å²) in [6.07, 6.45) is 0. The van der Waals surface area contributed by atoms with Crippen molar-refractivity contribution < 1.29 is 0 Å². The number of anilines is 3. The van der Waals surface area contributed by atoms with Gasteiger partial charge in [-0.25, -0.2) is 0 Å². The standard InChI is InChI=1S/C43H32N2/c1-43(2)39-20-12-11-19-35(39)38-27-32(23-26-40(38)43)44(30-14-5-3-6-15-30)33-22-25-36-37-24-21-29-13-9-10-18-34(29)42(37)45(41(36)28-33)31-16-7-4-8-17-31/h3-28H,1-2H3. The molecule has 7 aromatic carbocycles. The van der Waals surface area contributed by atoms with Gasteiger partial charge in [-0.1, -0.05) is 123 Å². The first-order valence-electron chi connectivity index (χ1n) is 15.7. The fraction of sp³-hybridized carbons (Fsp3) is 0.0698. The second-order valence-corrected chi connectivity index (χ2v) is 12.6. The molecule has 1 aliphatic carbocycles. The molecule has 1 aliphatic rings. The smallest absolute Gasteiger partial charge is 0.0619 e. The van der Waals surface area contributed by atoms with Gasteiger partial charge in [0.15, 0.2) is 0 Å². The van der Waals surface area contributed by atoms with Crippen molar-refractivity contribution in [3.05, 3.63) is 169 Å². The summed E-state index contributed by atoms with van der Waals surface area (Å²) in [7, 11) is 0. The van der Waals surface area contributed by atoms with E-state index in [1.54, 1.807) is 0 Å². The van der Waals surface area contributed by atoms with Crippen molar-refractivity contribution >= 4 is 49.6 Å². The molecule has 0 saturated carbocycles. The molecule has 0 radical (unpaired) electrons. The van der Waals surface area contributed by atoms with Gasteiger partial charge >= 0.3 is 0 Å². The zero-order valence-electron chi connectivity index (χ0n) is 25.4. The second kappa shape index (κ2) is 9.70. The SMILES string of the molecule is CC1(C)c2ccccc2-c2cc(N(c3ccccc3)c3ccc4c5ccc6ccccc6c5n(-c5ccccc5)c4c3)ccc21. The van der Waals surface area contributed by atoms with Crippen LogP contribution in [0.25, 0.3) is 49.4 Å². The van der Waals surface area contributed by atoms with E-state index in [-0.39, 0.29) is 5.41 Å². The molecular weight excluding hydrogens is 544 g/mol. The van der Waals surface area contributed by atoms with E-state index in [2.05, 4.69) is 181 Å². The lowest BCUT2D eigenvalue weighted by Gasteiger charge is -2.27. The van der Waals surface area contributed by atoms with E-state index in [9.17, 15) is 0 Å². The third-order valence-electron chi connectivity index (χ3n) is 9.75. The quantitative estimate of drug-likeness (QED) is 0.202. The molecule has 0 fully saturated rings. The predicted octanol–water partition coefficient (Wildman–Crippen LogP) is 11.7. The summed E-state index contributed by atoms with van der Waals surface area (Å²) < 4.78 is 2.45. The fourth-order valence-electron chi connectivity index (χ4n) is 7.62. The van der Waals surface area contributed by atoms with Crippen LogP contribution in [-0.4, -0.2) is 4.57 Å². The minimum Gasteiger partial charge on any atom is -0.310 e. The van der Waals surface area contributed by atoms with Gasteiger partial charge in [0.05, 0.1) is 11.0 Å². The number of fused-ring (bicyclic) bond motifs is 8. The fourth-order valence-corrected chi connectivity index (χ4v) is 7.62. The van der Waals surface area contributed by atoms with Crippen LogP contribution in [-0.2, 0) is 5.41 Å². The molecule has 9 rings (SSSR count). The molecule has 0 aliphatic heterocycles. The van der Waals surface area contributed by atoms with Crippen LogP contribution in [0.5, 0.6) is 0 Å². The van der Waals surface area contributed by atoms with E-state index in [0.29, 0.717) is 0 Å². The van der Waals surface area contributed by atoms with Crippen LogP contribution in [0.3, 0.4) is 0 Å². The minimum absolute atomic E-state index is 0.0274. The van der Waals surface area contributed by atoms with Gasteiger partial charge in [-0.2, -0.15) is 0 Å². The Bertz CT molecular complexity index is 2400. The number of para-hydroxylation sites is 2. The van der Waals surface area contributed by atoms with E-state index in [0.717, 1.165) is 22.7 Å². The Morgan fingerprint density at radius 3 is 1.96 bits per heavy atom. The maximum absolute atomic E-state index is 2.45. The molecule has 2 nitrogen and oxygen atoms in total. The van der Waals surface area contributed by atoms with Gasteiger partial charge in [-0.3, -0.25) is 0 Å². The highest BCUT2D eigenvalue weighted by atomic mass is 15.1. The Hall–Kier alpha value is -5.60. The molecule has 2 heteroatoms. The lowest BCUT2D eigenvalue weighted by atomic mass is 9.82. The van der Waals surface area contributed by atoms with Gasteiger partial charge in [0.1, 0.15) is 0 Å². The van der Waals surface area contributed by atoms with Crippen molar-refractivity contribution in [3.8, 4) is 16.8 Å². The number of benzene rings is 7. The molecule has 0 N–H and O–H groups in total. The molecule has 0 atom stereocenters. The molecule has 0 bridgehead atoms. The van der Waals surface area contributed by atoms with Crippen molar-refractivity contribution in [1.82, 2.24) is 4.57 Å². The van der Waals surface area contributed by atoms with Crippen molar-refractivity contribution in [2.75, 3.05) is 4.90 Å². The van der Waals surface area contributed by atoms with Gasteiger partial charge in [0.2, 0.25) is 0 Å². The van der Waals surface area contributed by atoms with Crippen molar-refractivity contribution in [2.24, 2.45) is 0 Å². The Balaban J connectivity index is 1.32. The monoisotopic (exact) mass is 576 g/mol. The number of aromatic nitrogens is 1. The molecular formula is C43H32N2. The Labute approximate surface area is 263 Å². The Kier molecular flexibility index (Phi) is 5.58. The molecule has 0 saturated heterocycles. The van der Waals surface area contributed by atoms with Crippen LogP contribution in [0.2, 0.25) is 0 Å². The largest absolute Gasteiger partial charge is 0.310 e. The third kappa shape index (κ3) is 3.82. The number of rotatable bonds is 4. The average molecular weight is 577 g/mol. The van der Waals surface area contributed by atoms with E-state index in [4.69, 9.17) is 0 Å². The van der Waals surface area contributed by atoms with E-state index in [1.807, 2.05) is 0 Å². The maximum atomic E-state index is 2.45. The summed E-state index contributed by atoms with van der Waals surface area (Å²) in [5, 5.41) is 5.02. The Morgan fingerprint density at radius 1 is 0.467 bits per heavy atom. The van der Waals surface area contributed by atoms with Gasteiger partial charge < -0.3 is 9.47 Å². The molecule has 1 aromatic heterocycles. The number of nitrogens with zero attached hydrogens (tertiary/aromatic N) is 2. The van der Waals surface area contributed by atoms with Crippen molar-refractivity contribution in [3.63, 3.8) is 0 Å². The van der Waals surface area contributed by atoms with Gasteiger partial charge in [0, 0.05) is 44.3 Å². The topological polar surface area (TPSA) is 8.17 Å².